The quantitative estimate of drug-likeness (QED) is 0.821. The molecule has 0 saturated carbocycles. The molecule has 0 bridgehead atoms. The summed E-state index contributed by atoms with van der Waals surface area (Å²) in [5.41, 5.74) is 1.00. The molecule has 0 spiro atoms. The largest absolute Gasteiger partial charge is 0.392 e. The Morgan fingerprint density at radius 3 is 2.53 bits per heavy atom. The Balaban J connectivity index is 2.69. The van der Waals surface area contributed by atoms with E-state index in [4.69, 9.17) is 0 Å². The van der Waals surface area contributed by atoms with Crippen molar-refractivity contribution < 1.29 is 5.11 Å². The monoisotopic (exact) mass is 236 g/mol. The van der Waals surface area contributed by atoms with Gasteiger partial charge in [0.2, 0.25) is 0 Å². The van der Waals surface area contributed by atoms with Crippen molar-refractivity contribution in [3.8, 4) is 0 Å². The molecule has 2 rings (SSSR count). The van der Waals surface area contributed by atoms with Gasteiger partial charge < -0.3 is 5.11 Å². The SMILES string of the molecule is CSSc1cccc2cccc(CO)c12. The van der Waals surface area contributed by atoms with E-state index in [1.807, 2.05) is 12.1 Å². The number of hydrogen-bond donors (Lipinski definition) is 1. The molecule has 2 aromatic carbocycles. The topological polar surface area (TPSA) is 20.2 Å². The van der Waals surface area contributed by atoms with Crippen molar-refractivity contribution in [2.24, 2.45) is 0 Å². The van der Waals surface area contributed by atoms with Gasteiger partial charge in [0, 0.05) is 10.3 Å². The van der Waals surface area contributed by atoms with Crippen LogP contribution in [0.2, 0.25) is 0 Å². The van der Waals surface area contributed by atoms with E-state index in [1.54, 1.807) is 21.6 Å². The van der Waals surface area contributed by atoms with Gasteiger partial charge >= 0.3 is 0 Å². The Bertz CT molecular complexity index is 463. The van der Waals surface area contributed by atoms with Crippen molar-refractivity contribution in [3.05, 3.63) is 42.0 Å². The second kappa shape index (κ2) is 4.92. The third-order valence-electron chi connectivity index (χ3n) is 2.30. The number of aliphatic hydroxyl groups excluding tert-OH is 1. The smallest absolute Gasteiger partial charge is 0.0688 e. The van der Waals surface area contributed by atoms with Crippen LogP contribution in [0, 0.1) is 0 Å². The molecule has 0 aliphatic carbocycles. The molecule has 2 aromatic rings. The van der Waals surface area contributed by atoms with E-state index in [2.05, 4.69) is 30.5 Å². The zero-order valence-corrected chi connectivity index (χ0v) is 10.1. The van der Waals surface area contributed by atoms with Crippen LogP contribution in [0.5, 0.6) is 0 Å². The fourth-order valence-electron chi connectivity index (χ4n) is 1.67. The van der Waals surface area contributed by atoms with Crippen molar-refractivity contribution >= 4 is 32.4 Å². The molecular formula is C12H12OS2. The van der Waals surface area contributed by atoms with Gasteiger partial charge in [0.1, 0.15) is 0 Å². The van der Waals surface area contributed by atoms with Crippen LogP contribution in [-0.2, 0) is 6.61 Å². The van der Waals surface area contributed by atoms with E-state index in [1.165, 1.54) is 15.7 Å². The molecule has 0 aromatic heterocycles. The third-order valence-corrected chi connectivity index (χ3v) is 4.02. The Labute approximate surface area is 97.3 Å². The number of hydrogen-bond acceptors (Lipinski definition) is 3. The predicted octanol–water partition coefficient (Wildman–Crippen LogP) is 3.70. The minimum absolute atomic E-state index is 0.100. The van der Waals surface area contributed by atoms with Crippen molar-refractivity contribution in [1.29, 1.82) is 0 Å². The number of rotatable bonds is 3. The third kappa shape index (κ3) is 2.14. The molecular weight excluding hydrogens is 224 g/mol. The summed E-state index contributed by atoms with van der Waals surface area (Å²) in [7, 11) is 3.46. The summed E-state index contributed by atoms with van der Waals surface area (Å²) in [4.78, 5) is 1.23. The van der Waals surface area contributed by atoms with Crippen LogP contribution in [0.15, 0.2) is 41.3 Å². The van der Waals surface area contributed by atoms with Crippen molar-refractivity contribution in [1.82, 2.24) is 0 Å². The molecule has 3 heteroatoms. The molecule has 0 fully saturated rings. The average Bonchev–Trinajstić information content (AvgIpc) is 2.29. The van der Waals surface area contributed by atoms with Gasteiger partial charge in [0.25, 0.3) is 0 Å². The van der Waals surface area contributed by atoms with E-state index in [0.29, 0.717) is 0 Å². The normalized spacial score (nSPS) is 10.8. The second-order valence-electron chi connectivity index (χ2n) is 3.18. The van der Waals surface area contributed by atoms with E-state index < -0.39 is 0 Å². The van der Waals surface area contributed by atoms with Crippen molar-refractivity contribution in [3.63, 3.8) is 0 Å². The minimum Gasteiger partial charge on any atom is -0.392 e. The van der Waals surface area contributed by atoms with Crippen LogP contribution >= 0.6 is 21.6 Å². The van der Waals surface area contributed by atoms with Gasteiger partial charge in [-0.3, -0.25) is 0 Å². The molecule has 1 nitrogen and oxygen atoms in total. The fourth-order valence-corrected chi connectivity index (χ4v) is 3.27. The highest BCUT2D eigenvalue weighted by Crippen LogP contribution is 2.36. The molecule has 0 saturated heterocycles. The Morgan fingerprint density at radius 1 is 1.13 bits per heavy atom. The van der Waals surface area contributed by atoms with Gasteiger partial charge in [-0.05, 0) is 23.3 Å². The van der Waals surface area contributed by atoms with E-state index in [-0.39, 0.29) is 6.61 Å². The lowest BCUT2D eigenvalue weighted by molar-refractivity contribution is 0.283. The van der Waals surface area contributed by atoms with Crippen molar-refractivity contribution in [2.45, 2.75) is 11.5 Å². The first kappa shape index (κ1) is 10.9. The second-order valence-corrected chi connectivity index (χ2v) is 5.62. The minimum atomic E-state index is 0.100. The van der Waals surface area contributed by atoms with Gasteiger partial charge in [-0.2, -0.15) is 0 Å². The van der Waals surface area contributed by atoms with Gasteiger partial charge in [-0.1, -0.05) is 51.9 Å². The number of aliphatic hydroxyl groups is 1. The molecule has 0 atom stereocenters. The summed E-state index contributed by atoms with van der Waals surface area (Å²) >= 11 is 0. The molecule has 15 heavy (non-hydrogen) atoms. The molecule has 0 heterocycles. The van der Waals surface area contributed by atoms with Crippen LogP contribution < -0.4 is 0 Å². The first-order chi connectivity index (χ1) is 7.36. The highest BCUT2D eigenvalue weighted by molar-refractivity contribution is 8.76. The molecule has 0 amide bonds. The lowest BCUT2D eigenvalue weighted by Crippen LogP contribution is -1.87. The molecule has 0 radical (unpaired) electrons. The van der Waals surface area contributed by atoms with Crippen LogP contribution in [0.4, 0.5) is 0 Å². The van der Waals surface area contributed by atoms with Crippen molar-refractivity contribution in [2.75, 3.05) is 6.26 Å². The van der Waals surface area contributed by atoms with Crippen LogP contribution in [0.3, 0.4) is 0 Å². The lowest BCUT2D eigenvalue weighted by atomic mass is 10.1. The molecule has 1 N–H and O–H groups in total. The number of fused-ring (bicyclic) bond motifs is 1. The zero-order valence-electron chi connectivity index (χ0n) is 8.43. The van der Waals surface area contributed by atoms with Gasteiger partial charge in [-0.15, -0.1) is 0 Å². The molecule has 0 unspecified atom stereocenters. The summed E-state index contributed by atoms with van der Waals surface area (Å²) in [5, 5.41) is 11.7. The first-order valence-electron chi connectivity index (χ1n) is 4.69. The van der Waals surface area contributed by atoms with E-state index in [9.17, 15) is 5.11 Å². The van der Waals surface area contributed by atoms with Crippen LogP contribution in [-0.4, -0.2) is 11.4 Å². The van der Waals surface area contributed by atoms with Crippen LogP contribution in [0.25, 0.3) is 10.8 Å². The van der Waals surface area contributed by atoms with Gasteiger partial charge in [0.05, 0.1) is 6.61 Å². The van der Waals surface area contributed by atoms with E-state index >= 15 is 0 Å². The lowest BCUT2D eigenvalue weighted by Gasteiger charge is -2.08. The highest BCUT2D eigenvalue weighted by atomic mass is 33.1. The standard InChI is InChI=1S/C12H12OS2/c1-14-15-11-7-3-5-9-4-2-6-10(8-13)12(9)11/h2-7,13H,8H2,1H3. The fraction of sp³-hybridized carbons (Fsp3) is 0.167. The summed E-state index contributed by atoms with van der Waals surface area (Å²) in [6, 6.07) is 12.3. The average molecular weight is 236 g/mol. The maximum absolute atomic E-state index is 9.31. The summed E-state index contributed by atoms with van der Waals surface area (Å²) < 4.78 is 0. The predicted molar refractivity (Wildman–Crippen MR) is 69.2 cm³/mol. The summed E-state index contributed by atoms with van der Waals surface area (Å²) in [6.45, 7) is 0.100. The highest BCUT2D eigenvalue weighted by Gasteiger charge is 2.05. The molecule has 0 aliphatic rings. The Kier molecular flexibility index (Phi) is 3.57. The summed E-state index contributed by atoms with van der Waals surface area (Å²) in [5.74, 6) is 0. The zero-order chi connectivity index (χ0) is 10.7. The maximum atomic E-state index is 9.31. The Morgan fingerprint density at radius 2 is 1.87 bits per heavy atom. The Hall–Kier alpha value is -0.640. The van der Waals surface area contributed by atoms with E-state index in [0.717, 1.165) is 5.56 Å². The maximum Gasteiger partial charge on any atom is 0.0688 e. The molecule has 78 valence electrons. The molecule has 0 aliphatic heterocycles. The number of benzene rings is 2. The van der Waals surface area contributed by atoms with Crippen LogP contribution in [0.1, 0.15) is 5.56 Å². The van der Waals surface area contributed by atoms with Gasteiger partial charge in [-0.25, -0.2) is 0 Å². The first-order valence-corrected chi connectivity index (χ1v) is 7.24. The van der Waals surface area contributed by atoms with Gasteiger partial charge in [0.15, 0.2) is 0 Å². The summed E-state index contributed by atoms with van der Waals surface area (Å²) in [6.07, 6.45) is 2.06.